The molecule has 5 nitrogen and oxygen atoms in total. The van der Waals surface area contributed by atoms with Gasteiger partial charge in [0, 0.05) is 12.0 Å². The van der Waals surface area contributed by atoms with E-state index in [4.69, 9.17) is 10.7 Å². The zero-order valence-electron chi connectivity index (χ0n) is 13.4. The third-order valence-corrected chi connectivity index (χ3v) is 5.54. The molecule has 5 heteroatoms. The standard InChI is InChI=1S/C18H24N4O/c19-17(23)14-4-3-5-15-16(14)21-18(20-15)12-6-8-13(9-7-12)22-10-1-2-11-22/h3-5,12-13H,1-2,6-11H2,(H2,19,23)(H,20,21). The number of aromatic amines is 1. The first-order valence-corrected chi connectivity index (χ1v) is 8.75. The Morgan fingerprint density at radius 1 is 1.17 bits per heavy atom. The molecule has 1 saturated heterocycles. The minimum atomic E-state index is -0.399. The number of H-pyrrole nitrogens is 1. The van der Waals surface area contributed by atoms with Gasteiger partial charge in [-0.25, -0.2) is 4.98 Å². The van der Waals surface area contributed by atoms with Gasteiger partial charge in [-0.05, 0) is 63.7 Å². The van der Waals surface area contributed by atoms with Crippen LogP contribution in [0.2, 0.25) is 0 Å². The second kappa shape index (κ2) is 5.96. The number of fused-ring (bicyclic) bond motifs is 1. The van der Waals surface area contributed by atoms with E-state index in [-0.39, 0.29) is 0 Å². The molecule has 1 aliphatic carbocycles. The third-order valence-electron chi connectivity index (χ3n) is 5.54. The molecule has 1 aromatic heterocycles. The van der Waals surface area contributed by atoms with Gasteiger partial charge in [0.05, 0.1) is 16.6 Å². The minimum absolute atomic E-state index is 0.399. The highest BCUT2D eigenvalue weighted by Crippen LogP contribution is 2.35. The highest BCUT2D eigenvalue weighted by Gasteiger charge is 2.29. The van der Waals surface area contributed by atoms with Crippen LogP contribution in [0.1, 0.15) is 60.6 Å². The Hall–Kier alpha value is -1.88. The number of imidazole rings is 1. The van der Waals surface area contributed by atoms with E-state index in [2.05, 4.69) is 9.88 Å². The summed E-state index contributed by atoms with van der Waals surface area (Å²) in [6.45, 7) is 2.56. The van der Waals surface area contributed by atoms with Gasteiger partial charge in [-0.2, -0.15) is 0 Å². The molecular formula is C18H24N4O. The largest absolute Gasteiger partial charge is 0.366 e. The first-order valence-electron chi connectivity index (χ1n) is 8.75. The van der Waals surface area contributed by atoms with Gasteiger partial charge in [-0.15, -0.1) is 0 Å². The lowest BCUT2D eigenvalue weighted by Gasteiger charge is -2.33. The van der Waals surface area contributed by atoms with Crippen LogP contribution in [0.5, 0.6) is 0 Å². The number of nitrogens with zero attached hydrogens (tertiary/aromatic N) is 2. The number of para-hydroxylation sites is 1. The molecule has 0 radical (unpaired) electrons. The summed E-state index contributed by atoms with van der Waals surface area (Å²) in [5.41, 5.74) is 7.63. The van der Waals surface area contributed by atoms with E-state index in [0.29, 0.717) is 11.5 Å². The van der Waals surface area contributed by atoms with E-state index in [1.165, 1.54) is 51.6 Å². The van der Waals surface area contributed by atoms with Crippen molar-refractivity contribution < 1.29 is 4.79 Å². The number of carbonyl (C=O) groups excluding carboxylic acids is 1. The number of hydrogen-bond acceptors (Lipinski definition) is 3. The lowest BCUT2D eigenvalue weighted by atomic mass is 9.85. The van der Waals surface area contributed by atoms with Crippen LogP contribution >= 0.6 is 0 Å². The summed E-state index contributed by atoms with van der Waals surface area (Å²) >= 11 is 0. The van der Waals surface area contributed by atoms with Crippen molar-refractivity contribution in [2.75, 3.05) is 13.1 Å². The molecule has 2 heterocycles. The van der Waals surface area contributed by atoms with Gasteiger partial charge in [0.25, 0.3) is 5.91 Å². The van der Waals surface area contributed by atoms with Gasteiger partial charge in [0.15, 0.2) is 0 Å². The molecule has 2 aromatic rings. The summed E-state index contributed by atoms with van der Waals surface area (Å²) < 4.78 is 0. The third kappa shape index (κ3) is 2.74. The number of benzene rings is 1. The second-order valence-electron chi connectivity index (χ2n) is 6.93. The van der Waals surface area contributed by atoms with Crippen molar-refractivity contribution in [2.45, 2.75) is 50.5 Å². The van der Waals surface area contributed by atoms with Gasteiger partial charge in [0.2, 0.25) is 0 Å². The van der Waals surface area contributed by atoms with E-state index in [1.807, 2.05) is 12.1 Å². The molecule has 23 heavy (non-hydrogen) atoms. The molecule has 2 aliphatic rings. The fraction of sp³-hybridized carbons (Fsp3) is 0.556. The Labute approximate surface area is 136 Å². The Morgan fingerprint density at radius 2 is 1.91 bits per heavy atom. The molecule has 0 atom stereocenters. The van der Waals surface area contributed by atoms with Gasteiger partial charge in [0.1, 0.15) is 5.82 Å². The van der Waals surface area contributed by atoms with Crippen LogP contribution in [0.25, 0.3) is 11.0 Å². The summed E-state index contributed by atoms with van der Waals surface area (Å²) in [6, 6.07) is 6.31. The maximum absolute atomic E-state index is 11.6. The van der Waals surface area contributed by atoms with Gasteiger partial charge < -0.3 is 15.6 Å². The van der Waals surface area contributed by atoms with Crippen LogP contribution in [0, 0.1) is 0 Å². The van der Waals surface area contributed by atoms with Crippen molar-refractivity contribution in [2.24, 2.45) is 5.73 Å². The topological polar surface area (TPSA) is 75.0 Å². The van der Waals surface area contributed by atoms with Crippen LogP contribution in [0.4, 0.5) is 0 Å². The predicted molar refractivity (Wildman–Crippen MR) is 90.4 cm³/mol. The van der Waals surface area contributed by atoms with Crippen LogP contribution in [0.15, 0.2) is 18.2 Å². The molecule has 1 saturated carbocycles. The summed E-state index contributed by atoms with van der Waals surface area (Å²) in [4.78, 5) is 22.3. The number of nitrogens with one attached hydrogen (secondary N) is 1. The SMILES string of the molecule is NC(=O)c1cccc2nc(C3CCC(N4CCCC4)CC3)[nH]c12. The maximum atomic E-state index is 11.6. The van der Waals surface area contributed by atoms with E-state index >= 15 is 0 Å². The normalized spacial score (nSPS) is 25.9. The summed E-state index contributed by atoms with van der Waals surface area (Å²) in [7, 11) is 0. The molecule has 1 amide bonds. The molecule has 0 unspecified atom stereocenters. The number of aromatic nitrogens is 2. The average molecular weight is 312 g/mol. The number of rotatable bonds is 3. The van der Waals surface area contributed by atoms with E-state index in [0.717, 1.165) is 22.9 Å². The molecule has 122 valence electrons. The van der Waals surface area contributed by atoms with Crippen molar-refractivity contribution >= 4 is 16.9 Å². The minimum Gasteiger partial charge on any atom is -0.366 e. The number of amides is 1. The van der Waals surface area contributed by atoms with Crippen molar-refractivity contribution in [3.63, 3.8) is 0 Å². The Morgan fingerprint density at radius 3 is 2.61 bits per heavy atom. The molecular weight excluding hydrogens is 288 g/mol. The van der Waals surface area contributed by atoms with Gasteiger partial charge >= 0.3 is 0 Å². The van der Waals surface area contributed by atoms with E-state index < -0.39 is 5.91 Å². The van der Waals surface area contributed by atoms with Gasteiger partial charge in [-0.1, -0.05) is 6.07 Å². The number of primary amides is 1. The van der Waals surface area contributed by atoms with Crippen molar-refractivity contribution in [3.05, 3.63) is 29.6 Å². The zero-order valence-corrected chi connectivity index (χ0v) is 13.4. The monoisotopic (exact) mass is 312 g/mol. The average Bonchev–Trinajstić information content (AvgIpc) is 3.24. The molecule has 1 aromatic carbocycles. The van der Waals surface area contributed by atoms with Crippen LogP contribution in [0.3, 0.4) is 0 Å². The summed E-state index contributed by atoms with van der Waals surface area (Å²) in [5.74, 6) is 1.10. The molecule has 2 fully saturated rings. The second-order valence-corrected chi connectivity index (χ2v) is 6.93. The van der Waals surface area contributed by atoms with E-state index in [9.17, 15) is 4.79 Å². The van der Waals surface area contributed by atoms with Crippen molar-refractivity contribution in [3.8, 4) is 0 Å². The number of nitrogens with two attached hydrogens (primary N) is 1. The predicted octanol–water partition coefficient (Wildman–Crippen LogP) is 2.78. The van der Waals surface area contributed by atoms with Crippen LogP contribution in [-0.2, 0) is 0 Å². The lowest BCUT2D eigenvalue weighted by Crippen LogP contribution is -2.35. The maximum Gasteiger partial charge on any atom is 0.250 e. The van der Waals surface area contributed by atoms with Crippen molar-refractivity contribution in [1.29, 1.82) is 0 Å². The highest BCUT2D eigenvalue weighted by molar-refractivity contribution is 6.04. The summed E-state index contributed by atoms with van der Waals surface area (Å²) in [5, 5.41) is 0. The van der Waals surface area contributed by atoms with Crippen LogP contribution in [-0.4, -0.2) is 39.9 Å². The quantitative estimate of drug-likeness (QED) is 0.915. The van der Waals surface area contributed by atoms with Crippen LogP contribution < -0.4 is 5.73 Å². The summed E-state index contributed by atoms with van der Waals surface area (Å²) in [6.07, 6.45) is 7.58. The lowest BCUT2D eigenvalue weighted by molar-refractivity contribution is 0.100. The van der Waals surface area contributed by atoms with E-state index in [1.54, 1.807) is 6.07 Å². The Kier molecular flexibility index (Phi) is 3.81. The first kappa shape index (κ1) is 14.7. The fourth-order valence-electron chi connectivity index (χ4n) is 4.27. The smallest absolute Gasteiger partial charge is 0.250 e. The Bertz CT molecular complexity index is 709. The zero-order chi connectivity index (χ0) is 15.8. The van der Waals surface area contributed by atoms with Gasteiger partial charge in [-0.3, -0.25) is 4.79 Å². The molecule has 0 bridgehead atoms. The highest BCUT2D eigenvalue weighted by atomic mass is 16.1. The molecule has 3 N–H and O–H groups in total. The number of likely N-dealkylation sites (tertiary alicyclic amines) is 1. The number of hydrogen-bond donors (Lipinski definition) is 2. The first-order chi connectivity index (χ1) is 11.2. The van der Waals surface area contributed by atoms with Crippen molar-refractivity contribution in [1.82, 2.24) is 14.9 Å². The molecule has 4 rings (SSSR count). The fourth-order valence-corrected chi connectivity index (χ4v) is 4.27. The molecule has 0 spiro atoms. The Balaban J connectivity index is 1.52. The number of carbonyl (C=O) groups is 1. The molecule has 1 aliphatic heterocycles.